The van der Waals surface area contributed by atoms with Crippen LogP contribution >= 0.6 is 11.6 Å². The predicted octanol–water partition coefficient (Wildman–Crippen LogP) is 2.03. The molecule has 86 valence electrons. The molecule has 1 heterocycles. The molecule has 1 aliphatic heterocycles. The highest BCUT2D eigenvalue weighted by Gasteiger charge is 2.23. The maximum atomic E-state index is 13.5. The van der Waals surface area contributed by atoms with Crippen molar-refractivity contribution < 1.29 is 9.18 Å². The third-order valence-electron chi connectivity index (χ3n) is 2.64. The van der Waals surface area contributed by atoms with Crippen LogP contribution in [0.4, 0.5) is 10.1 Å². The smallest absolute Gasteiger partial charge is 0.228 e. The number of anilines is 1. The summed E-state index contributed by atoms with van der Waals surface area (Å²) in [6.07, 6.45) is 0.786. The fraction of sp³-hybridized carbons (Fsp3) is 0.364. The zero-order valence-electron chi connectivity index (χ0n) is 8.59. The fourth-order valence-electron chi connectivity index (χ4n) is 1.71. The Bertz CT molecular complexity index is 405. The van der Waals surface area contributed by atoms with Crippen LogP contribution in [-0.2, 0) is 4.79 Å². The van der Waals surface area contributed by atoms with E-state index in [2.05, 4.69) is 10.6 Å². The molecule has 2 rings (SSSR count). The first-order chi connectivity index (χ1) is 7.68. The number of nitrogens with one attached hydrogen (secondary N) is 2. The van der Waals surface area contributed by atoms with E-state index in [-0.39, 0.29) is 22.5 Å². The van der Waals surface area contributed by atoms with Crippen LogP contribution in [0, 0.1) is 11.7 Å². The fourth-order valence-corrected chi connectivity index (χ4v) is 1.89. The Labute approximate surface area is 98.0 Å². The van der Waals surface area contributed by atoms with Crippen LogP contribution in [0.2, 0.25) is 5.02 Å². The van der Waals surface area contributed by atoms with Crippen LogP contribution in [0.3, 0.4) is 0 Å². The number of hydrogen-bond donors (Lipinski definition) is 2. The van der Waals surface area contributed by atoms with Gasteiger partial charge in [-0.25, -0.2) is 4.39 Å². The van der Waals surface area contributed by atoms with E-state index in [9.17, 15) is 9.18 Å². The summed E-state index contributed by atoms with van der Waals surface area (Å²) in [4.78, 5) is 11.7. The van der Waals surface area contributed by atoms with Crippen LogP contribution < -0.4 is 10.6 Å². The van der Waals surface area contributed by atoms with Crippen molar-refractivity contribution in [2.24, 2.45) is 5.92 Å². The van der Waals surface area contributed by atoms with Crippen LogP contribution in [0.15, 0.2) is 18.2 Å². The summed E-state index contributed by atoms with van der Waals surface area (Å²) in [7, 11) is 0. The zero-order chi connectivity index (χ0) is 11.5. The normalized spacial score (nSPS) is 19.8. The molecule has 0 spiro atoms. The third-order valence-corrected chi connectivity index (χ3v) is 2.93. The van der Waals surface area contributed by atoms with Crippen molar-refractivity contribution in [3.05, 3.63) is 29.0 Å². The summed E-state index contributed by atoms with van der Waals surface area (Å²) in [6.45, 7) is 1.48. The Hall–Kier alpha value is -1.13. The molecule has 1 amide bonds. The van der Waals surface area contributed by atoms with Crippen molar-refractivity contribution in [1.82, 2.24) is 5.32 Å². The summed E-state index contributed by atoms with van der Waals surface area (Å²) >= 11 is 5.62. The molecule has 0 saturated carbocycles. The second-order valence-corrected chi connectivity index (χ2v) is 4.19. The van der Waals surface area contributed by atoms with Gasteiger partial charge < -0.3 is 10.6 Å². The second-order valence-electron chi connectivity index (χ2n) is 3.78. The average Bonchev–Trinajstić information content (AvgIpc) is 2.78. The number of hydrogen-bond acceptors (Lipinski definition) is 2. The summed E-state index contributed by atoms with van der Waals surface area (Å²) in [6, 6.07) is 4.55. The molecule has 0 radical (unpaired) electrons. The molecule has 0 aromatic heterocycles. The van der Waals surface area contributed by atoms with E-state index >= 15 is 0 Å². The molecule has 1 aromatic rings. The van der Waals surface area contributed by atoms with Gasteiger partial charge in [0, 0.05) is 6.54 Å². The lowest BCUT2D eigenvalue weighted by Crippen LogP contribution is -2.25. The minimum absolute atomic E-state index is 0.0161. The molecule has 5 heteroatoms. The van der Waals surface area contributed by atoms with Crippen molar-refractivity contribution in [2.45, 2.75) is 6.42 Å². The molecule has 1 aromatic carbocycles. The lowest BCUT2D eigenvalue weighted by atomic mass is 10.1. The second kappa shape index (κ2) is 4.80. The third kappa shape index (κ3) is 2.33. The van der Waals surface area contributed by atoms with Crippen molar-refractivity contribution >= 4 is 23.2 Å². The molecule has 3 nitrogen and oxygen atoms in total. The van der Waals surface area contributed by atoms with Gasteiger partial charge in [0.2, 0.25) is 5.91 Å². The topological polar surface area (TPSA) is 41.1 Å². The molecular formula is C11H12ClFN2O. The van der Waals surface area contributed by atoms with Gasteiger partial charge in [-0.1, -0.05) is 17.7 Å². The number of benzene rings is 1. The average molecular weight is 243 g/mol. The highest BCUT2D eigenvalue weighted by atomic mass is 35.5. The molecule has 1 atom stereocenters. The Morgan fingerprint density at radius 2 is 2.38 bits per heavy atom. The van der Waals surface area contributed by atoms with Gasteiger partial charge in [0.15, 0.2) is 5.82 Å². The molecule has 0 aliphatic carbocycles. The number of carbonyl (C=O) groups is 1. The number of halogens is 2. The van der Waals surface area contributed by atoms with Gasteiger partial charge in [0.05, 0.1) is 16.6 Å². The molecule has 16 heavy (non-hydrogen) atoms. The van der Waals surface area contributed by atoms with Crippen LogP contribution in [-0.4, -0.2) is 19.0 Å². The summed E-state index contributed by atoms with van der Waals surface area (Å²) < 4.78 is 13.5. The highest BCUT2D eigenvalue weighted by molar-refractivity contribution is 6.31. The van der Waals surface area contributed by atoms with Crippen molar-refractivity contribution in [2.75, 3.05) is 18.4 Å². The molecule has 1 saturated heterocycles. The Morgan fingerprint density at radius 3 is 3.06 bits per heavy atom. The summed E-state index contributed by atoms with van der Waals surface area (Å²) in [5.74, 6) is -0.826. The van der Waals surface area contributed by atoms with Gasteiger partial charge in [-0.15, -0.1) is 0 Å². The summed E-state index contributed by atoms with van der Waals surface area (Å²) in [5.41, 5.74) is 0.143. The first kappa shape index (κ1) is 11.4. The van der Waals surface area contributed by atoms with Crippen molar-refractivity contribution in [3.63, 3.8) is 0 Å². The quantitative estimate of drug-likeness (QED) is 0.833. The molecule has 2 N–H and O–H groups in total. The van der Waals surface area contributed by atoms with Crippen LogP contribution in [0.1, 0.15) is 6.42 Å². The van der Waals surface area contributed by atoms with E-state index in [4.69, 9.17) is 11.6 Å². The SMILES string of the molecule is O=C(Nc1cccc(Cl)c1F)C1CCNC1. The molecule has 0 bridgehead atoms. The maximum Gasteiger partial charge on any atom is 0.228 e. The van der Waals surface area contributed by atoms with Crippen LogP contribution in [0.5, 0.6) is 0 Å². The van der Waals surface area contributed by atoms with E-state index in [0.29, 0.717) is 6.54 Å². The standard InChI is InChI=1S/C11H12ClFN2O/c12-8-2-1-3-9(10(8)13)15-11(16)7-4-5-14-6-7/h1-3,7,14H,4-6H2,(H,15,16). The predicted molar refractivity (Wildman–Crippen MR) is 61.0 cm³/mol. The molecule has 1 fully saturated rings. The minimum atomic E-state index is -0.580. The lowest BCUT2D eigenvalue weighted by molar-refractivity contribution is -0.119. The Kier molecular flexibility index (Phi) is 3.41. The molecular weight excluding hydrogens is 231 g/mol. The van der Waals surface area contributed by atoms with Crippen LogP contribution in [0.25, 0.3) is 0 Å². The monoisotopic (exact) mass is 242 g/mol. The Morgan fingerprint density at radius 1 is 1.56 bits per heavy atom. The molecule has 1 unspecified atom stereocenters. The minimum Gasteiger partial charge on any atom is -0.323 e. The number of amides is 1. The van der Waals surface area contributed by atoms with E-state index in [1.165, 1.54) is 12.1 Å². The number of carbonyl (C=O) groups excluding carboxylic acids is 1. The van der Waals surface area contributed by atoms with Gasteiger partial charge in [0.25, 0.3) is 0 Å². The van der Waals surface area contributed by atoms with E-state index < -0.39 is 5.82 Å². The molecule has 1 aliphatic rings. The van der Waals surface area contributed by atoms with E-state index in [0.717, 1.165) is 13.0 Å². The number of rotatable bonds is 2. The van der Waals surface area contributed by atoms with E-state index in [1.807, 2.05) is 0 Å². The first-order valence-electron chi connectivity index (χ1n) is 5.14. The highest BCUT2D eigenvalue weighted by Crippen LogP contribution is 2.23. The maximum absolute atomic E-state index is 13.5. The van der Waals surface area contributed by atoms with Gasteiger partial charge in [-0.2, -0.15) is 0 Å². The van der Waals surface area contributed by atoms with Gasteiger partial charge in [-0.05, 0) is 25.1 Å². The first-order valence-corrected chi connectivity index (χ1v) is 5.52. The van der Waals surface area contributed by atoms with Crippen molar-refractivity contribution in [3.8, 4) is 0 Å². The largest absolute Gasteiger partial charge is 0.323 e. The van der Waals surface area contributed by atoms with Crippen molar-refractivity contribution in [1.29, 1.82) is 0 Å². The van der Waals surface area contributed by atoms with Gasteiger partial charge in [0.1, 0.15) is 0 Å². The summed E-state index contributed by atoms with van der Waals surface area (Å²) in [5, 5.41) is 5.66. The zero-order valence-corrected chi connectivity index (χ0v) is 9.35. The lowest BCUT2D eigenvalue weighted by Gasteiger charge is -2.10. The van der Waals surface area contributed by atoms with E-state index in [1.54, 1.807) is 6.07 Å². The van der Waals surface area contributed by atoms with Gasteiger partial charge >= 0.3 is 0 Å². The van der Waals surface area contributed by atoms with Gasteiger partial charge in [-0.3, -0.25) is 4.79 Å². The Balaban J connectivity index is 2.08.